The fourth-order valence-corrected chi connectivity index (χ4v) is 1.80. The number of nitrogens with zero attached hydrogens (tertiary/aromatic N) is 2. The van der Waals surface area contributed by atoms with Crippen LogP contribution in [0.15, 0.2) is 12.5 Å². The predicted octanol–water partition coefficient (Wildman–Crippen LogP) is 1.87. The molecule has 0 bridgehead atoms. The lowest BCUT2D eigenvalue weighted by Crippen LogP contribution is -2.29. The van der Waals surface area contributed by atoms with Crippen LogP contribution < -0.4 is 11.1 Å². The fraction of sp³-hybridized carbons (Fsp3) is 0.600. The fourth-order valence-electron chi connectivity index (χ4n) is 1.35. The summed E-state index contributed by atoms with van der Waals surface area (Å²) >= 11 is 2.23. The van der Waals surface area contributed by atoms with Gasteiger partial charge in [0.15, 0.2) is 0 Å². The zero-order valence-electron chi connectivity index (χ0n) is 9.07. The van der Waals surface area contributed by atoms with Crippen LogP contribution >= 0.6 is 22.6 Å². The zero-order valence-corrected chi connectivity index (χ0v) is 11.2. The molecule has 1 aromatic heterocycles. The Balaban J connectivity index is 2.69. The molecule has 0 spiro atoms. The third-order valence-corrected chi connectivity index (χ3v) is 3.06. The summed E-state index contributed by atoms with van der Waals surface area (Å²) in [4.78, 5) is 8.17. The lowest BCUT2D eigenvalue weighted by molar-refractivity contribution is 0.497. The Kier molecular flexibility index (Phi) is 5.24. The molecule has 0 saturated heterocycles. The van der Waals surface area contributed by atoms with E-state index < -0.39 is 0 Å². The number of nitrogens with two attached hydrogens (primary N) is 1. The lowest BCUT2D eigenvalue weighted by atomic mass is 10.0. The molecule has 1 unspecified atom stereocenters. The molecule has 1 aromatic rings. The maximum Gasteiger partial charge on any atom is 0.143 e. The maximum absolute atomic E-state index is 5.58. The van der Waals surface area contributed by atoms with Gasteiger partial charge in [-0.1, -0.05) is 13.8 Å². The standard InChI is InChI=1S/C10H17IN4/c1-7(2)9(3-4-12)15-10-8(11)5-13-6-14-10/h5-7,9H,3-4,12H2,1-2H3,(H,13,14,15). The minimum Gasteiger partial charge on any atom is -0.366 e. The molecule has 5 heteroatoms. The topological polar surface area (TPSA) is 63.8 Å². The summed E-state index contributed by atoms with van der Waals surface area (Å²) in [6.45, 7) is 5.06. The van der Waals surface area contributed by atoms with Gasteiger partial charge in [0.1, 0.15) is 12.1 Å². The number of hydrogen-bond donors (Lipinski definition) is 2. The van der Waals surface area contributed by atoms with Crippen molar-refractivity contribution in [2.45, 2.75) is 26.3 Å². The van der Waals surface area contributed by atoms with Crippen molar-refractivity contribution in [1.29, 1.82) is 0 Å². The highest BCUT2D eigenvalue weighted by Gasteiger charge is 2.13. The Morgan fingerprint density at radius 1 is 1.53 bits per heavy atom. The predicted molar refractivity (Wildman–Crippen MR) is 70.7 cm³/mol. The normalized spacial score (nSPS) is 12.9. The molecule has 1 heterocycles. The van der Waals surface area contributed by atoms with E-state index in [1.807, 2.05) is 0 Å². The molecular weight excluding hydrogens is 303 g/mol. The summed E-state index contributed by atoms with van der Waals surface area (Å²) in [6.07, 6.45) is 4.32. The minimum atomic E-state index is 0.374. The van der Waals surface area contributed by atoms with Crippen LogP contribution in [0.2, 0.25) is 0 Å². The minimum absolute atomic E-state index is 0.374. The Bertz CT molecular complexity index is 303. The molecule has 4 nitrogen and oxygen atoms in total. The van der Waals surface area contributed by atoms with Crippen molar-refractivity contribution in [1.82, 2.24) is 9.97 Å². The van der Waals surface area contributed by atoms with Gasteiger partial charge in [0.05, 0.1) is 3.57 Å². The molecule has 3 N–H and O–H groups in total. The number of aromatic nitrogens is 2. The van der Waals surface area contributed by atoms with Gasteiger partial charge >= 0.3 is 0 Å². The van der Waals surface area contributed by atoms with Crippen molar-refractivity contribution < 1.29 is 0 Å². The van der Waals surface area contributed by atoms with E-state index in [1.165, 1.54) is 0 Å². The second-order valence-corrected chi connectivity index (χ2v) is 4.95. The first-order chi connectivity index (χ1) is 7.15. The van der Waals surface area contributed by atoms with Gasteiger partial charge in [-0.05, 0) is 41.5 Å². The second-order valence-electron chi connectivity index (χ2n) is 3.79. The number of halogens is 1. The average Bonchev–Trinajstić information content (AvgIpc) is 2.20. The van der Waals surface area contributed by atoms with Crippen molar-refractivity contribution in [2.75, 3.05) is 11.9 Å². The van der Waals surface area contributed by atoms with Gasteiger partial charge in [0, 0.05) is 12.2 Å². The van der Waals surface area contributed by atoms with Gasteiger partial charge in [-0.3, -0.25) is 0 Å². The van der Waals surface area contributed by atoms with Crippen LogP contribution in [0, 0.1) is 9.49 Å². The highest BCUT2D eigenvalue weighted by Crippen LogP contribution is 2.17. The van der Waals surface area contributed by atoms with Gasteiger partial charge in [-0.15, -0.1) is 0 Å². The maximum atomic E-state index is 5.58. The Hall–Kier alpha value is -0.430. The molecule has 15 heavy (non-hydrogen) atoms. The van der Waals surface area contributed by atoms with Crippen LogP contribution in [-0.4, -0.2) is 22.6 Å². The average molecular weight is 320 g/mol. The summed E-state index contributed by atoms with van der Waals surface area (Å²) in [5.41, 5.74) is 5.58. The summed E-state index contributed by atoms with van der Waals surface area (Å²) in [7, 11) is 0. The Morgan fingerprint density at radius 2 is 2.27 bits per heavy atom. The number of rotatable bonds is 5. The third-order valence-electron chi connectivity index (χ3n) is 2.27. The molecular formula is C10H17IN4. The van der Waals surface area contributed by atoms with Crippen molar-refractivity contribution in [3.05, 3.63) is 16.1 Å². The monoisotopic (exact) mass is 320 g/mol. The van der Waals surface area contributed by atoms with E-state index in [-0.39, 0.29) is 0 Å². The molecule has 0 radical (unpaired) electrons. The molecule has 0 aliphatic rings. The number of anilines is 1. The van der Waals surface area contributed by atoms with E-state index in [2.05, 4.69) is 51.7 Å². The van der Waals surface area contributed by atoms with Crippen molar-refractivity contribution >= 4 is 28.4 Å². The SMILES string of the molecule is CC(C)C(CCN)Nc1ncncc1I. The van der Waals surface area contributed by atoms with Crippen LogP contribution in [0.3, 0.4) is 0 Å². The van der Waals surface area contributed by atoms with E-state index in [0.29, 0.717) is 18.5 Å². The van der Waals surface area contributed by atoms with E-state index in [0.717, 1.165) is 15.8 Å². The van der Waals surface area contributed by atoms with Crippen molar-refractivity contribution in [3.63, 3.8) is 0 Å². The van der Waals surface area contributed by atoms with E-state index in [1.54, 1.807) is 12.5 Å². The molecule has 1 atom stereocenters. The van der Waals surface area contributed by atoms with Gasteiger partial charge in [0.2, 0.25) is 0 Å². The van der Waals surface area contributed by atoms with E-state index in [9.17, 15) is 0 Å². The molecule has 0 aliphatic carbocycles. The molecule has 1 rings (SSSR count). The third kappa shape index (κ3) is 3.90. The summed E-state index contributed by atoms with van der Waals surface area (Å²) < 4.78 is 1.04. The molecule has 0 amide bonds. The molecule has 0 aromatic carbocycles. The highest BCUT2D eigenvalue weighted by atomic mass is 127. The first-order valence-electron chi connectivity index (χ1n) is 5.07. The molecule has 84 valence electrons. The lowest BCUT2D eigenvalue weighted by Gasteiger charge is -2.22. The second kappa shape index (κ2) is 6.22. The van der Waals surface area contributed by atoms with Gasteiger partial charge in [0.25, 0.3) is 0 Å². The molecule has 0 fully saturated rings. The first-order valence-corrected chi connectivity index (χ1v) is 6.15. The molecule has 0 aliphatic heterocycles. The van der Waals surface area contributed by atoms with Crippen LogP contribution in [0.4, 0.5) is 5.82 Å². The van der Waals surface area contributed by atoms with Crippen LogP contribution in [0.1, 0.15) is 20.3 Å². The number of nitrogens with one attached hydrogen (secondary N) is 1. The Labute approximate surface area is 104 Å². The van der Waals surface area contributed by atoms with Gasteiger partial charge in [-0.25, -0.2) is 9.97 Å². The quantitative estimate of drug-likeness (QED) is 0.813. The van der Waals surface area contributed by atoms with E-state index >= 15 is 0 Å². The van der Waals surface area contributed by atoms with Crippen LogP contribution in [-0.2, 0) is 0 Å². The first kappa shape index (κ1) is 12.6. The smallest absolute Gasteiger partial charge is 0.143 e. The van der Waals surface area contributed by atoms with Gasteiger partial charge < -0.3 is 11.1 Å². The summed E-state index contributed by atoms with van der Waals surface area (Å²) in [6, 6.07) is 0.374. The number of hydrogen-bond acceptors (Lipinski definition) is 4. The zero-order chi connectivity index (χ0) is 11.3. The van der Waals surface area contributed by atoms with Crippen LogP contribution in [0.25, 0.3) is 0 Å². The largest absolute Gasteiger partial charge is 0.366 e. The van der Waals surface area contributed by atoms with Gasteiger partial charge in [-0.2, -0.15) is 0 Å². The van der Waals surface area contributed by atoms with E-state index in [4.69, 9.17) is 5.73 Å². The molecule has 0 saturated carbocycles. The van der Waals surface area contributed by atoms with Crippen LogP contribution in [0.5, 0.6) is 0 Å². The van der Waals surface area contributed by atoms with Crippen molar-refractivity contribution in [3.8, 4) is 0 Å². The summed E-state index contributed by atoms with van der Waals surface area (Å²) in [5, 5.41) is 3.41. The highest BCUT2D eigenvalue weighted by molar-refractivity contribution is 14.1. The summed E-state index contributed by atoms with van der Waals surface area (Å²) in [5.74, 6) is 1.44. The van der Waals surface area contributed by atoms with Crippen molar-refractivity contribution in [2.24, 2.45) is 11.7 Å². The Morgan fingerprint density at radius 3 is 2.80 bits per heavy atom.